The van der Waals surface area contributed by atoms with Crippen LogP contribution in [0, 0.1) is 6.92 Å². The number of amides is 2. The van der Waals surface area contributed by atoms with E-state index in [1.54, 1.807) is 4.90 Å². The Bertz CT molecular complexity index is 700. The Balaban J connectivity index is 1.59. The number of aliphatic hydroxyl groups is 1. The van der Waals surface area contributed by atoms with Gasteiger partial charge in [0.05, 0.1) is 12.6 Å². The minimum absolute atomic E-state index is 0.0632. The molecule has 2 aromatic rings. The maximum atomic E-state index is 12.5. The lowest BCUT2D eigenvalue weighted by atomic mass is 9.93. The Morgan fingerprint density at radius 3 is 2.92 bits per heavy atom. The van der Waals surface area contributed by atoms with Crippen molar-refractivity contribution in [2.24, 2.45) is 0 Å². The van der Waals surface area contributed by atoms with E-state index < -0.39 is 0 Å². The van der Waals surface area contributed by atoms with Gasteiger partial charge in [0.1, 0.15) is 0 Å². The van der Waals surface area contributed by atoms with E-state index >= 15 is 0 Å². The number of aromatic nitrogens is 1. The number of nitrogens with zero attached hydrogens (tertiary/aromatic N) is 2. The molecule has 24 heavy (non-hydrogen) atoms. The SMILES string of the molecule is Cc1ccc(CCNC(=O)N2CCc3ccccc3C2CO)cn1. The lowest BCUT2D eigenvalue weighted by Gasteiger charge is -2.36. The van der Waals surface area contributed by atoms with E-state index in [-0.39, 0.29) is 18.7 Å². The second-order valence-corrected chi connectivity index (χ2v) is 6.13. The van der Waals surface area contributed by atoms with Crippen LogP contribution in [-0.4, -0.2) is 40.7 Å². The zero-order chi connectivity index (χ0) is 16.9. The fraction of sp³-hybridized carbons (Fsp3) is 0.368. The smallest absolute Gasteiger partial charge is 0.318 e. The standard InChI is InChI=1S/C19H23N3O2/c1-14-6-7-15(12-21-14)8-10-20-19(24)22-11-9-16-4-2-3-5-17(16)18(22)13-23/h2-7,12,18,23H,8-11,13H2,1H3,(H,20,24). The Morgan fingerprint density at radius 2 is 2.17 bits per heavy atom. The second-order valence-electron chi connectivity index (χ2n) is 6.13. The third-order valence-corrected chi connectivity index (χ3v) is 4.51. The molecule has 1 atom stereocenters. The van der Waals surface area contributed by atoms with Crippen LogP contribution in [0.4, 0.5) is 4.79 Å². The lowest BCUT2D eigenvalue weighted by molar-refractivity contribution is 0.127. The molecule has 0 radical (unpaired) electrons. The first-order valence-electron chi connectivity index (χ1n) is 8.33. The van der Waals surface area contributed by atoms with E-state index in [0.717, 1.165) is 29.7 Å². The molecule has 0 fully saturated rings. The van der Waals surface area contributed by atoms with Crippen LogP contribution in [0.5, 0.6) is 0 Å². The number of rotatable bonds is 4. The van der Waals surface area contributed by atoms with Crippen molar-refractivity contribution in [2.45, 2.75) is 25.8 Å². The summed E-state index contributed by atoms with van der Waals surface area (Å²) in [5.74, 6) is 0. The van der Waals surface area contributed by atoms with Crippen LogP contribution < -0.4 is 5.32 Å². The molecule has 2 heterocycles. The number of nitrogens with one attached hydrogen (secondary N) is 1. The fourth-order valence-corrected chi connectivity index (χ4v) is 3.15. The highest BCUT2D eigenvalue weighted by Crippen LogP contribution is 2.29. The number of urea groups is 1. The number of carbonyl (C=O) groups excluding carboxylic acids is 1. The van der Waals surface area contributed by atoms with Gasteiger partial charge >= 0.3 is 6.03 Å². The van der Waals surface area contributed by atoms with Gasteiger partial charge in [0, 0.05) is 25.0 Å². The number of aliphatic hydroxyl groups excluding tert-OH is 1. The predicted molar refractivity (Wildman–Crippen MR) is 92.8 cm³/mol. The van der Waals surface area contributed by atoms with E-state index in [0.29, 0.717) is 13.1 Å². The monoisotopic (exact) mass is 325 g/mol. The van der Waals surface area contributed by atoms with Gasteiger partial charge in [-0.05, 0) is 42.5 Å². The molecule has 1 aromatic carbocycles. The number of aryl methyl sites for hydroxylation is 1. The van der Waals surface area contributed by atoms with Gasteiger partial charge in [0.25, 0.3) is 0 Å². The molecule has 2 N–H and O–H groups in total. The summed E-state index contributed by atoms with van der Waals surface area (Å²) in [6, 6.07) is 11.6. The van der Waals surface area contributed by atoms with Gasteiger partial charge in [0.2, 0.25) is 0 Å². The summed E-state index contributed by atoms with van der Waals surface area (Å²) in [4.78, 5) is 18.5. The van der Waals surface area contributed by atoms with Crippen molar-refractivity contribution < 1.29 is 9.90 Å². The molecule has 1 aliphatic rings. The van der Waals surface area contributed by atoms with Crippen molar-refractivity contribution >= 4 is 6.03 Å². The van der Waals surface area contributed by atoms with Gasteiger partial charge in [-0.25, -0.2) is 4.79 Å². The van der Waals surface area contributed by atoms with Crippen LogP contribution in [0.2, 0.25) is 0 Å². The molecular formula is C19H23N3O2. The number of fused-ring (bicyclic) bond motifs is 1. The highest BCUT2D eigenvalue weighted by molar-refractivity contribution is 5.75. The van der Waals surface area contributed by atoms with Crippen LogP contribution in [-0.2, 0) is 12.8 Å². The maximum absolute atomic E-state index is 12.5. The van der Waals surface area contributed by atoms with E-state index in [9.17, 15) is 9.90 Å². The summed E-state index contributed by atoms with van der Waals surface area (Å²) < 4.78 is 0. The molecule has 5 heteroatoms. The van der Waals surface area contributed by atoms with Crippen molar-refractivity contribution in [1.82, 2.24) is 15.2 Å². The topological polar surface area (TPSA) is 65.5 Å². The Kier molecular flexibility index (Phi) is 5.11. The van der Waals surface area contributed by atoms with Crippen LogP contribution >= 0.6 is 0 Å². The van der Waals surface area contributed by atoms with E-state index in [1.807, 2.05) is 43.5 Å². The van der Waals surface area contributed by atoms with Crippen molar-refractivity contribution in [1.29, 1.82) is 0 Å². The van der Waals surface area contributed by atoms with E-state index in [4.69, 9.17) is 0 Å². The number of benzene rings is 1. The summed E-state index contributed by atoms with van der Waals surface area (Å²) in [6.07, 6.45) is 3.41. The van der Waals surface area contributed by atoms with E-state index in [2.05, 4.69) is 16.4 Å². The van der Waals surface area contributed by atoms with Gasteiger partial charge in [-0.3, -0.25) is 4.98 Å². The van der Waals surface area contributed by atoms with Gasteiger partial charge in [0.15, 0.2) is 0 Å². The van der Waals surface area contributed by atoms with Gasteiger partial charge in [-0.2, -0.15) is 0 Å². The quantitative estimate of drug-likeness (QED) is 0.906. The van der Waals surface area contributed by atoms with Crippen molar-refractivity contribution in [3.05, 3.63) is 65.0 Å². The second kappa shape index (κ2) is 7.45. The van der Waals surface area contributed by atoms with Crippen molar-refractivity contribution in [2.75, 3.05) is 19.7 Å². The maximum Gasteiger partial charge on any atom is 0.318 e. The highest BCUT2D eigenvalue weighted by Gasteiger charge is 2.29. The average Bonchev–Trinajstić information content (AvgIpc) is 2.62. The summed E-state index contributed by atoms with van der Waals surface area (Å²) in [7, 11) is 0. The number of carbonyl (C=O) groups is 1. The fourth-order valence-electron chi connectivity index (χ4n) is 3.15. The number of hydrogen-bond acceptors (Lipinski definition) is 3. The van der Waals surface area contributed by atoms with E-state index in [1.165, 1.54) is 5.56 Å². The van der Waals surface area contributed by atoms with Crippen LogP contribution in [0.3, 0.4) is 0 Å². The predicted octanol–water partition coefficient (Wildman–Crippen LogP) is 2.23. The van der Waals surface area contributed by atoms with Gasteiger partial charge in [-0.1, -0.05) is 30.3 Å². The average molecular weight is 325 g/mol. The molecule has 0 aliphatic carbocycles. The minimum Gasteiger partial charge on any atom is -0.394 e. The zero-order valence-corrected chi connectivity index (χ0v) is 13.9. The molecule has 0 spiro atoms. The summed E-state index contributed by atoms with van der Waals surface area (Å²) in [6.45, 7) is 3.07. The number of pyridine rings is 1. The third kappa shape index (κ3) is 3.57. The van der Waals surface area contributed by atoms with Crippen molar-refractivity contribution in [3.8, 4) is 0 Å². The number of hydrogen-bond donors (Lipinski definition) is 2. The van der Waals surface area contributed by atoms with Crippen LogP contribution in [0.1, 0.15) is 28.4 Å². The molecule has 2 amide bonds. The molecular weight excluding hydrogens is 302 g/mol. The largest absolute Gasteiger partial charge is 0.394 e. The molecule has 1 unspecified atom stereocenters. The van der Waals surface area contributed by atoms with Crippen LogP contribution in [0.15, 0.2) is 42.6 Å². The van der Waals surface area contributed by atoms with Crippen molar-refractivity contribution in [3.63, 3.8) is 0 Å². The molecule has 0 saturated heterocycles. The zero-order valence-electron chi connectivity index (χ0n) is 13.9. The Hall–Kier alpha value is -2.40. The first kappa shape index (κ1) is 16.5. The Labute approximate surface area is 142 Å². The normalized spacial score (nSPS) is 16.6. The summed E-state index contributed by atoms with van der Waals surface area (Å²) in [5.41, 5.74) is 4.35. The molecule has 3 rings (SSSR count). The lowest BCUT2D eigenvalue weighted by Crippen LogP contribution is -2.47. The van der Waals surface area contributed by atoms with Gasteiger partial charge in [-0.15, -0.1) is 0 Å². The first-order valence-corrected chi connectivity index (χ1v) is 8.33. The molecule has 126 valence electrons. The molecule has 0 saturated carbocycles. The highest BCUT2D eigenvalue weighted by atomic mass is 16.3. The Morgan fingerprint density at radius 1 is 1.33 bits per heavy atom. The molecule has 5 nitrogen and oxygen atoms in total. The molecule has 0 bridgehead atoms. The minimum atomic E-state index is -0.268. The first-order chi connectivity index (χ1) is 11.7. The molecule has 1 aromatic heterocycles. The third-order valence-electron chi connectivity index (χ3n) is 4.51. The summed E-state index contributed by atoms with van der Waals surface area (Å²) >= 11 is 0. The van der Waals surface area contributed by atoms with Crippen LogP contribution in [0.25, 0.3) is 0 Å². The van der Waals surface area contributed by atoms with Gasteiger partial charge < -0.3 is 15.3 Å². The molecule has 1 aliphatic heterocycles. The summed E-state index contributed by atoms with van der Waals surface area (Å²) in [5, 5.41) is 12.7.